The van der Waals surface area contributed by atoms with Gasteiger partial charge in [-0.1, -0.05) is 12.1 Å². The summed E-state index contributed by atoms with van der Waals surface area (Å²) in [5, 5.41) is 5.53. The van der Waals surface area contributed by atoms with Crippen LogP contribution < -0.4 is 14.8 Å². The van der Waals surface area contributed by atoms with Crippen molar-refractivity contribution in [3.8, 4) is 11.5 Å². The minimum atomic E-state index is -0.107. The van der Waals surface area contributed by atoms with Gasteiger partial charge < -0.3 is 19.7 Å². The maximum Gasteiger partial charge on any atom is 0.263 e. The van der Waals surface area contributed by atoms with Crippen LogP contribution in [0.4, 0.5) is 5.13 Å². The van der Waals surface area contributed by atoms with Crippen molar-refractivity contribution in [3.63, 3.8) is 0 Å². The molecule has 2 amide bonds. The minimum absolute atomic E-state index is 0.0170. The van der Waals surface area contributed by atoms with Crippen LogP contribution >= 0.6 is 22.7 Å². The maximum absolute atomic E-state index is 12.8. The number of thiazole rings is 1. The van der Waals surface area contributed by atoms with Gasteiger partial charge in [-0.15, -0.1) is 22.7 Å². The topological polar surface area (TPSA) is 80.8 Å². The molecular weight excluding hydrogens is 446 g/mol. The molecule has 166 valence electrons. The highest BCUT2D eigenvalue weighted by atomic mass is 32.1. The number of carbonyl (C=O) groups excluding carboxylic acids is 2. The molecule has 5 rings (SSSR count). The highest BCUT2D eigenvalue weighted by Gasteiger charge is 2.28. The van der Waals surface area contributed by atoms with Crippen molar-refractivity contribution >= 4 is 39.6 Å². The third-order valence-electron chi connectivity index (χ3n) is 5.81. The van der Waals surface area contributed by atoms with E-state index < -0.39 is 0 Å². The van der Waals surface area contributed by atoms with E-state index in [-0.39, 0.29) is 24.5 Å². The van der Waals surface area contributed by atoms with Crippen molar-refractivity contribution in [2.75, 3.05) is 25.2 Å². The summed E-state index contributed by atoms with van der Waals surface area (Å²) in [6, 6.07) is 9.67. The molecule has 0 radical (unpaired) electrons. The van der Waals surface area contributed by atoms with E-state index >= 15 is 0 Å². The summed E-state index contributed by atoms with van der Waals surface area (Å²) in [6.07, 6.45) is 2.05. The number of aryl methyl sites for hydroxylation is 1. The third kappa shape index (κ3) is 4.35. The normalized spacial score (nSPS) is 15.7. The van der Waals surface area contributed by atoms with Gasteiger partial charge in [-0.05, 0) is 48.9 Å². The number of aromatic nitrogens is 1. The SMILES string of the molecule is Cc1nc(NC(=O)C2CCN(C(=O)c3cccs3)CC2)sc1Cc1ccc2c(c1)OCO2. The third-order valence-corrected chi connectivity index (χ3v) is 7.74. The monoisotopic (exact) mass is 469 g/mol. The summed E-state index contributed by atoms with van der Waals surface area (Å²) >= 11 is 2.96. The Morgan fingerprint density at radius 2 is 2.00 bits per heavy atom. The quantitative estimate of drug-likeness (QED) is 0.602. The largest absolute Gasteiger partial charge is 0.454 e. The van der Waals surface area contributed by atoms with Gasteiger partial charge in [-0.2, -0.15) is 0 Å². The van der Waals surface area contributed by atoms with E-state index in [9.17, 15) is 9.59 Å². The van der Waals surface area contributed by atoms with Crippen LogP contribution in [-0.4, -0.2) is 41.6 Å². The average Bonchev–Trinajstić information content (AvgIpc) is 3.55. The summed E-state index contributed by atoms with van der Waals surface area (Å²) in [5.74, 6) is 1.47. The Morgan fingerprint density at radius 1 is 1.19 bits per heavy atom. The highest BCUT2D eigenvalue weighted by Crippen LogP contribution is 2.34. The number of rotatable bonds is 5. The first-order chi connectivity index (χ1) is 15.6. The lowest BCUT2D eigenvalue weighted by Crippen LogP contribution is -2.41. The van der Waals surface area contributed by atoms with Gasteiger partial charge in [0.15, 0.2) is 16.6 Å². The zero-order chi connectivity index (χ0) is 22.1. The number of anilines is 1. The van der Waals surface area contributed by atoms with Crippen LogP contribution in [0.15, 0.2) is 35.7 Å². The van der Waals surface area contributed by atoms with Gasteiger partial charge in [-0.25, -0.2) is 4.98 Å². The number of amides is 2. The summed E-state index contributed by atoms with van der Waals surface area (Å²) in [7, 11) is 0. The number of piperidine rings is 1. The van der Waals surface area contributed by atoms with Gasteiger partial charge in [0.25, 0.3) is 5.91 Å². The molecule has 1 saturated heterocycles. The number of hydrogen-bond donors (Lipinski definition) is 1. The van der Waals surface area contributed by atoms with E-state index in [2.05, 4.69) is 10.3 Å². The lowest BCUT2D eigenvalue weighted by molar-refractivity contribution is -0.121. The molecule has 4 heterocycles. The molecule has 2 aromatic heterocycles. The number of ether oxygens (including phenoxy) is 2. The number of nitrogens with zero attached hydrogens (tertiary/aromatic N) is 2. The molecular formula is C23H23N3O4S2. The second-order valence-electron chi connectivity index (χ2n) is 7.93. The maximum atomic E-state index is 12.8. The smallest absolute Gasteiger partial charge is 0.263 e. The van der Waals surface area contributed by atoms with Crippen LogP contribution in [0.3, 0.4) is 0 Å². The molecule has 1 aromatic carbocycles. The lowest BCUT2D eigenvalue weighted by Gasteiger charge is -2.30. The predicted octanol–water partition coefficient (Wildman–Crippen LogP) is 4.32. The fourth-order valence-electron chi connectivity index (χ4n) is 3.99. The van der Waals surface area contributed by atoms with Gasteiger partial charge in [0.05, 0.1) is 10.6 Å². The number of fused-ring (bicyclic) bond motifs is 1. The second kappa shape index (κ2) is 8.91. The van der Waals surface area contributed by atoms with Crippen LogP contribution in [-0.2, 0) is 11.2 Å². The fourth-order valence-corrected chi connectivity index (χ4v) is 5.68. The number of likely N-dealkylation sites (tertiary alicyclic amines) is 1. The van der Waals surface area contributed by atoms with Crippen molar-refractivity contribution in [3.05, 3.63) is 56.7 Å². The van der Waals surface area contributed by atoms with E-state index in [1.54, 1.807) is 0 Å². The number of hydrogen-bond acceptors (Lipinski definition) is 7. The first kappa shape index (κ1) is 21.0. The molecule has 0 aliphatic carbocycles. The molecule has 1 N–H and O–H groups in total. The van der Waals surface area contributed by atoms with E-state index in [0.717, 1.165) is 38.9 Å². The fraction of sp³-hybridized carbons (Fsp3) is 0.348. The van der Waals surface area contributed by atoms with Crippen LogP contribution in [0.2, 0.25) is 0 Å². The number of carbonyl (C=O) groups is 2. The molecule has 0 bridgehead atoms. The standard InChI is InChI=1S/C23H23N3O4S2/c1-14-20(12-15-4-5-17-18(11-15)30-13-29-17)32-23(24-14)25-21(27)16-6-8-26(9-7-16)22(28)19-3-2-10-31-19/h2-5,10-11,16H,6-9,12-13H2,1H3,(H,24,25,27). The summed E-state index contributed by atoms with van der Waals surface area (Å²) in [4.78, 5) is 33.6. The zero-order valence-electron chi connectivity index (χ0n) is 17.6. The second-order valence-corrected chi connectivity index (χ2v) is 9.96. The Bertz CT molecular complexity index is 1130. The molecule has 0 unspecified atom stereocenters. The van der Waals surface area contributed by atoms with Crippen molar-refractivity contribution in [2.45, 2.75) is 26.2 Å². The van der Waals surface area contributed by atoms with Gasteiger partial charge in [0, 0.05) is 30.3 Å². The molecule has 0 atom stereocenters. The average molecular weight is 470 g/mol. The highest BCUT2D eigenvalue weighted by molar-refractivity contribution is 7.15. The Balaban J connectivity index is 1.17. The first-order valence-electron chi connectivity index (χ1n) is 10.6. The van der Waals surface area contributed by atoms with E-state index in [4.69, 9.17) is 9.47 Å². The minimum Gasteiger partial charge on any atom is -0.454 e. The van der Waals surface area contributed by atoms with Crippen LogP contribution in [0.1, 0.15) is 38.6 Å². The number of benzene rings is 1. The number of thiophene rings is 1. The van der Waals surface area contributed by atoms with E-state index in [1.165, 1.54) is 22.7 Å². The summed E-state index contributed by atoms with van der Waals surface area (Å²) in [5.41, 5.74) is 2.03. The Labute approximate surface area is 194 Å². The number of nitrogens with one attached hydrogen (secondary N) is 1. The van der Waals surface area contributed by atoms with Crippen LogP contribution in [0, 0.1) is 12.8 Å². The molecule has 1 fully saturated rings. The molecule has 2 aliphatic rings. The lowest BCUT2D eigenvalue weighted by atomic mass is 9.96. The Morgan fingerprint density at radius 3 is 2.78 bits per heavy atom. The van der Waals surface area contributed by atoms with Crippen molar-refractivity contribution in [2.24, 2.45) is 5.92 Å². The molecule has 7 nitrogen and oxygen atoms in total. The van der Waals surface area contributed by atoms with Crippen LogP contribution in [0.5, 0.6) is 11.5 Å². The van der Waals surface area contributed by atoms with Crippen molar-refractivity contribution in [1.82, 2.24) is 9.88 Å². The zero-order valence-corrected chi connectivity index (χ0v) is 19.3. The molecule has 32 heavy (non-hydrogen) atoms. The van der Waals surface area contributed by atoms with E-state index in [0.29, 0.717) is 31.1 Å². The Hall–Kier alpha value is -2.91. The van der Waals surface area contributed by atoms with E-state index in [1.807, 2.05) is 47.5 Å². The molecule has 0 saturated carbocycles. The van der Waals surface area contributed by atoms with Gasteiger partial charge in [0.2, 0.25) is 12.7 Å². The summed E-state index contributed by atoms with van der Waals surface area (Å²) < 4.78 is 10.8. The van der Waals surface area contributed by atoms with Gasteiger partial charge in [0.1, 0.15) is 0 Å². The van der Waals surface area contributed by atoms with Crippen molar-refractivity contribution < 1.29 is 19.1 Å². The van der Waals surface area contributed by atoms with Gasteiger partial charge >= 0.3 is 0 Å². The van der Waals surface area contributed by atoms with Crippen molar-refractivity contribution in [1.29, 1.82) is 0 Å². The molecule has 9 heteroatoms. The molecule has 3 aromatic rings. The summed E-state index contributed by atoms with van der Waals surface area (Å²) in [6.45, 7) is 3.42. The van der Waals surface area contributed by atoms with Gasteiger partial charge in [-0.3, -0.25) is 9.59 Å². The first-order valence-corrected chi connectivity index (χ1v) is 12.2. The molecule has 2 aliphatic heterocycles. The predicted molar refractivity (Wildman–Crippen MR) is 124 cm³/mol. The van der Waals surface area contributed by atoms with Crippen LogP contribution in [0.25, 0.3) is 0 Å². The Kier molecular flexibility index (Phi) is 5.84. The molecule has 0 spiro atoms.